The van der Waals surface area contributed by atoms with E-state index in [-0.39, 0.29) is 13.3 Å². The molecule has 0 aliphatic heterocycles. The van der Waals surface area contributed by atoms with Crippen LogP contribution in [0.3, 0.4) is 0 Å². The molecule has 1 aromatic heterocycles. The SMILES string of the molecule is CCCCOS(=O)(=O)OCn1cc[n+](C)c1. The van der Waals surface area contributed by atoms with Gasteiger partial charge >= 0.3 is 10.4 Å². The molecule has 1 heterocycles. The Balaban J connectivity index is 2.36. The first-order valence-electron chi connectivity index (χ1n) is 5.08. The minimum atomic E-state index is -3.87. The van der Waals surface area contributed by atoms with E-state index in [1.54, 1.807) is 27.9 Å². The lowest BCUT2D eigenvalue weighted by Gasteiger charge is -2.03. The Bertz CT molecular complexity index is 413. The van der Waals surface area contributed by atoms with E-state index in [2.05, 4.69) is 8.37 Å². The lowest BCUT2D eigenvalue weighted by atomic mass is 10.4. The molecule has 0 aromatic carbocycles. The van der Waals surface area contributed by atoms with Crippen molar-refractivity contribution in [2.45, 2.75) is 26.5 Å². The van der Waals surface area contributed by atoms with Gasteiger partial charge in [-0.05, 0) is 6.42 Å². The van der Waals surface area contributed by atoms with Gasteiger partial charge in [0.15, 0.2) is 0 Å². The van der Waals surface area contributed by atoms with Crippen molar-refractivity contribution in [1.82, 2.24) is 4.57 Å². The number of imidazole rings is 1. The van der Waals surface area contributed by atoms with Gasteiger partial charge in [0.05, 0.1) is 13.7 Å². The number of rotatable bonds is 7. The van der Waals surface area contributed by atoms with Crippen LogP contribution >= 0.6 is 0 Å². The van der Waals surface area contributed by atoms with Gasteiger partial charge in [-0.3, -0.25) is 0 Å². The second kappa shape index (κ2) is 5.97. The molecule has 0 unspecified atom stereocenters. The summed E-state index contributed by atoms with van der Waals surface area (Å²) in [5.74, 6) is 0. The zero-order valence-electron chi connectivity index (χ0n) is 9.50. The second-order valence-electron chi connectivity index (χ2n) is 3.42. The molecule has 0 N–H and O–H groups in total. The van der Waals surface area contributed by atoms with Crippen molar-refractivity contribution in [3.63, 3.8) is 0 Å². The summed E-state index contributed by atoms with van der Waals surface area (Å²) in [6, 6.07) is 0. The zero-order chi connectivity index (χ0) is 12.0. The van der Waals surface area contributed by atoms with E-state index in [1.165, 1.54) is 0 Å². The third-order valence-corrected chi connectivity index (χ3v) is 2.74. The predicted octanol–water partition coefficient (Wildman–Crippen LogP) is 0.348. The highest BCUT2D eigenvalue weighted by atomic mass is 32.3. The zero-order valence-corrected chi connectivity index (χ0v) is 10.3. The van der Waals surface area contributed by atoms with Gasteiger partial charge in [-0.2, -0.15) is 8.42 Å². The molecule has 1 rings (SSSR count). The fraction of sp³-hybridized carbons (Fsp3) is 0.667. The number of nitrogens with zero attached hydrogens (tertiary/aromatic N) is 2. The normalized spacial score (nSPS) is 11.9. The predicted molar refractivity (Wildman–Crippen MR) is 56.5 cm³/mol. The van der Waals surface area contributed by atoms with Crippen LogP contribution in [0.5, 0.6) is 0 Å². The smallest absolute Gasteiger partial charge is 0.248 e. The fourth-order valence-electron chi connectivity index (χ4n) is 1.04. The van der Waals surface area contributed by atoms with Crippen molar-refractivity contribution in [2.24, 2.45) is 7.05 Å². The van der Waals surface area contributed by atoms with Crippen molar-refractivity contribution >= 4 is 10.4 Å². The topological polar surface area (TPSA) is 61.4 Å². The van der Waals surface area contributed by atoms with Gasteiger partial charge in [-0.15, -0.1) is 0 Å². The largest absolute Gasteiger partial charge is 0.403 e. The van der Waals surface area contributed by atoms with Crippen LogP contribution in [0.4, 0.5) is 0 Å². The Morgan fingerprint density at radius 1 is 1.38 bits per heavy atom. The molecule has 92 valence electrons. The molecule has 0 amide bonds. The van der Waals surface area contributed by atoms with Crippen LogP contribution in [-0.2, 0) is 32.5 Å². The maximum Gasteiger partial charge on any atom is 0.403 e. The molecule has 0 spiro atoms. The lowest BCUT2D eigenvalue weighted by molar-refractivity contribution is -0.671. The van der Waals surface area contributed by atoms with Crippen molar-refractivity contribution in [2.75, 3.05) is 6.61 Å². The van der Waals surface area contributed by atoms with E-state index in [9.17, 15) is 8.42 Å². The fourth-order valence-corrected chi connectivity index (χ4v) is 1.68. The Labute approximate surface area is 95.7 Å². The molecule has 7 heteroatoms. The van der Waals surface area contributed by atoms with Crippen molar-refractivity contribution in [1.29, 1.82) is 0 Å². The third kappa shape index (κ3) is 4.73. The van der Waals surface area contributed by atoms with Crippen LogP contribution in [0.1, 0.15) is 19.8 Å². The Morgan fingerprint density at radius 3 is 2.69 bits per heavy atom. The summed E-state index contributed by atoms with van der Waals surface area (Å²) >= 11 is 0. The molecule has 0 fully saturated rings. The minimum absolute atomic E-state index is 0.0741. The highest BCUT2D eigenvalue weighted by Crippen LogP contribution is 2.00. The third-order valence-electron chi connectivity index (χ3n) is 1.90. The van der Waals surface area contributed by atoms with Gasteiger partial charge in [-0.1, -0.05) is 13.3 Å². The number of unbranched alkanes of at least 4 members (excludes halogenated alkanes) is 1. The molecule has 0 saturated heterocycles. The van der Waals surface area contributed by atoms with Gasteiger partial charge in [0.1, 0.15) is 12.4 Å². The molecule has 0 atom stereocenters. The van der Waals surface area contributed by atoms with Crippen LogP contribution in [-0.4, -0.2) is 19.6 Å². The van der Waals surface area contributed by atoms with Gasteiger partial charge in [0.25, 0.3) is 0 Å². The first-order valence-corrected chi connectivity index (χ1v) is 6.41. The summed E-state index contributed by atoms with van der Waals surface area (Å²) in [4.78, 5) is 0. The van der Waals surface area contributed by atoms with Gasteiger partial charge in [0.2, 0.25) is 13.1 Å². The Morgan fingerprint density at radius 2 is 2.12 bits per heavy atom. The van der Waals surface area contributed by atoms with Crippen LogP contribution < -0.4 is 4.57 Å². The van der Waals surface area contributed by atoms with E-state index >= 15 is 0 Å². The molecule has 0 bridgehead atoms. The molecule has 0 aliphatic carbocycles. The minimum Gasteiger partial charge on any atom is -0.248 e. The van der Waals surface area contributed by atoms with Crippen molar-refractivity contribution in [3.05, 3.63) is 18.7 Å². The average Bonchev–Trinajstić information content (AvgIpc) is 2.62. The monoisotopic (exact) mass is 249 g/mol. The molecule has 0 radical (unpaired) electrons. The first-order chi connectivity index (χ1) is 7.53. The maximum absolute atomic E-state index is 11.2. The lowest BCUT2D eigenvalue weighted by Crippen LogP contribution is -2.24. The molecular weight excluding hydrogens is 232 g/mol. The van der Waals surface area contributed by atoms with Crippen molar-refractivity contribution in [3.8, 4) is 0 Å². The Kier molecular flexibility index (Phi) is 4.91. The first kappa shape index (κ1) is 13.1. The van der Waals surface area contributed by atoms with Crippen LogP contribution in [0.2, 0.25) is 0 Å². The molecular formula is C9H17N2O4S+. The van der Waals surface area contributed by atoms with Crippen LogP contribution in [0, 0.1) is 0 Å². The second-order valence-corrected chi connectivity index (χ2v) is 4.71. The summed E-state index contributed by atoms with van der Waals surface area (Å²) in [5.41, 5.74) is 0. The average molecular weight is 249 g/mol. The molecule has 1 aromatic rings. The summed E-state index contributed by atoms with van der Waals surface area (Å²) in [6.07, 6.45) is 6.78. The van der Waals surface area contributed by atoms with Crippen LogP contribution in [0.25, 0.3) is 0 Å². The number of hydrogen-bond acceptors (Lipinski definition) is 4. The van der Waals surface area contributed by atoms with Crippen molar-refractivity contribution < 1.29 is 21.4 Å². The quantitative estimate of drug-likeness (QED) is 0.516. The standard InChI is InChI=1S/C9H17N2O4S/c1-3-4-7-14-16(12,13)15-9-11-6-5-10(2)8-11/h5-6,8H,3-4,7,9H2,1-2H3/q+1. The summed E-state index contributed by atoms with van der Waals surface area (Å²) < 4.78 is 35.1. The Hall–Kier alpha value is -0.920. The number of hydrogen-bond donors (Lipinski definition) is 0. The number of aromatic nitrogens is 2. The summed E-state index contributed by atoms with van der Waals surface area (Å²) in [5, 5.41) is 0. The van der Waals surface area contributed by atoms with Crippen LogP contribution in [0.15, 0.2) is 18.7 Å². The maximum atomic E-state index is 11.2. The summed E-state index contributed by atoms with van der Waals surface area (Å²) in [6.45, 7) is 2.05. The van der Waals surface area contributed by atoms with E-state index in [4.69, 9.17) is 0 Å². The highest BCUT2D eigenvalue weighted by Gasteiger charge is 2.13. The molecule has 0 saturated carbocycles. The number of aryl methyl sites for hydroxylation is 1. The van der Waals surface area contributed by atoms with E-state index in [0.29, 0.717) is 6.42 Å². The van der Waals surface area contributed by atoms with Gasteiger partial charge in [0, 0.05) is 0 Å². The van der Waals surface area contributed by atoms with E-state index in [1.807, 2.05) is 14.0 Å². The summed E-state index contributed by atoms with van der Waals surface area (Å²) in [7, 11) is -2.04. The van der Waals surface area contributed by atoms with E-state index < -0.39 is 10.4 Å². The molecule has 0 aliphatic rings. The molecule has 6 nitrogen and oxygen atoms in total. The van der Waals surface area contributed by atoms with E-state index in [0.717, 1.165) is 6.42 Å². The highest BCUT2D eigenvalue weighted by molar-refractivity contribution is 7.81. The van der Waals surface area contributed by atoms with Gasteiger partial charge in [-0.25, -0.2) is 17.5 Å². The van der Waals surface area contributed by atoms with Gasteiger partial charge < -0.3 is 0 Å². The molecule has 16 heavy (non-hydrogen) atoms.